The lowest BCUT2D eigenvalue weighted by Gasteiger charge is -2.15. The zero-order valence-electron chi connectivity index (χ0n) is 8.38. The number of amides is 1. The van der Waals surface area contributed by atoms with Gasteiger partial charge in [-0.1, -0.05) is 18.2 Å². The zero-order chi connectivity index (χ0) is 11.5. The van der Waals surface area contributed by atoms with E-state index in [1.54, 1.807) is 0 Å². The number of hydrogen-bond acceptors (Lipinski definition) is 2. The van der Waals surface area contributed by atoms with Gasteiger partial charge in [0.2, 0.25) is 0 Å². The van der Waals surface area contributed by atoms with Crippen LogP contribution in [-0.4, -0.2) is 16.9 Å². The molecule has 0 atom stereocenters. The van der Waals surface area contributed by atoms with Crippen LogP contribution in [0.2, 0.25) is 0 Å². The van der Waals surface area contributed by atoms with Crippen LogP contribution in [0.1, 0.15) is 6.42 Å². The monoisotopic (exact) mass is 234 g/mol. The number of thiocarbonyl (C=S) groups is 1. The Morgan fingerprint density at radius 2 is 2.12 bits per heavy atom. The molecule has 82 valence electrons. The molecular formula is C10H10N4OS. The fourth-order valence-corrected chi connectivity index (χ4v) is 1.55. The van der Waals surface area contributed by atoms with E-state index in [2.05, 4.69) is 22.6 Å². The summed E-state index contributed by atoms with van der Waals surface area (Å²) >= 11 is 4.65. The van der Waals surface area contributed by atoms with Gasteiger partial charge >= 0.3 is 0 Å². The van der Waals surface area contributed by atoms with Crippen molar-refractivity contribution in [3.8, 4) is 0 Å². The van der Waals surface area contributed by atoms with Crippen LogP contribution in [0.25, 0.3) is 0 Å². The third-order valence-electron chi connectivity index (χ3n) is 2.07. The summed E-state index contributed by atoms with van der Waals surface area (Å²) in [6.07, 6.45) is 0.187. The lowest BCUT2D eigenvalue weighted by Crippen LogP contribution is -2.36. The van der Waals surface area contributed by atoms with E-state index >= 15 is 0 Å². The van der Waals surface area contributed by atoms with Crippen molar-refractivity contribution in [3.63, 3.8) is 0 Å². The van der Waals surface area contributed by atoms with Crippen molar-refractivity contribution in [1.82, 2.24) is 5.43 Å². The third kappa shape index (κ3) is 2.17. The van der Waals surface area contributed by atoms with Gasteiger partial charge in [0.25, 0.3) is 5.91 Å². The highest BCUT2D eigenvalue weighted by molar-refractivity contribution is 7.80. The number of carbonyl (C=O) groups excluding carboxylic acids is 1. The van der Waals surface area contributed by atoms with Crippen molar-refractivity contribution in [1.29, 1.82) is 0 Å². The molecule has 1 amide bonds. The number of anilines is 1. The Morgan fingerprint density at radius 1 is 1.44 bits per heavy atom. The number of nitrogens with zero attached hydrogens (tertiary/aromatic N) is 2. The molecule has 1 saturated heterocycles. The molecule has 0 radical (unpaired) electrons. The van der Waals surface area contributed by atoms with Crippen molar-refractivity contribution in [2.75, 3.05) is 5.01 Å². The molecule has 2 rings (SSSR count). The first-order chi connectivity index (χ1) is 7.66. The largest absolute Gasteiger partial charge is 0.374 e. The lowest BCUT2D eigenvalue weighted by molar-refractivity contribution is -0.116. The highest BCUT2D eigenvalue weighted by Gasteiger charge is 2.26. The minimum atomic E-state index is -0.0822. The Balaban J connectivity index is 2.21. The highest BCUT2D eigenvalue weighted by Crippen LogP contribution is 2.16. The summed E-state index contributed by atoms with van der Waals surface area (Å²) in [5.74, 6) is 0.391. The molecule has 0 aromatic heterocycles. The summed E-state index contributed by atoms with van der Waals surface area (Å²) in [6, 6.07) is 9.25. The molecule has 0 spiro atoms. The maximum Gasteiger partial charge on any atom is 0.253 e. The number of nitrogens with one attached hydrogen (secondary N) is 1. The summed E-state index contributed by atoms with van der Waals surface area (Å²) in [6.45, 7) is 0. The average Bonchev–Trinajstić information content (AvgIpc) is 2.60. The van der Waals surface area contributed by atoms with Crippen molar-refractivity contribution < 1.29 is 4.79 Å². The predicted octanol–water partition coefficient (Wildman–Crippen LogP) is 0.570. The minimum absolute atomic E-state index is 0.0187. The lowest BCUT2D eigenvalue weighted by atomic mass is 10.3. The van der Waals surface area contributed by atoms with Crippen LogP contribution in [0.15, 0.2) is 35.3 Å². The molecule has 0 aliphatic carbocycles. The Hall–Kier alpha value is -1.95. The highest BCUT2D eigenvalue weighted by atomic mass is 32.1. The van der Waals surface area contributed by atoms with Gasteiger partial charge < -0.3 is 5.73 Å². The van der Waals surface area contributed by atoms with Crippen molar-refractivity contribution in [2.24, 2.45) is 10.7 Å². The Labute approximate surface area is 97.9 Å². The van der Waals surface area contributed by atoms with Crippen molar-refractivity contribution >= 4 is 34.8 Å². The summed E-state index contributed by atoms with van der Waals surface area (Å²) < 4.78 is 0. The van der Waals surface area contributed by atoms with E-state index < -0.39 is 0 Å². The summed E-state index contributed by atoms with van der Waals surface area (Å²) in [5.41, 5.74) is 8.90. The van der Waals surface area contributed by atoms with Crippen LogP contribution in [-0.2, 0) is 4.79 Å². The zero-order valence-corrected chi connectivity index (χ0v) is 9.20. The van der Waals surface area contributed by atoms with Crippen LogP contribution in [0.4, 0.5) is 5.69 Å². The molecule has 1 fully saturated rings. The number of hydrazine groups is 1. The van der Waals surface area contributed by atoms with Crippen LogP contribution >= 0.6 is 12.2 Å². The van der Waals surface area contributed by atoms with E-state index in [4.69, 9.17) is 5.73 Å². The molecule has 3 N–H and O–H groups in total. The van der Waals surface area contributed by atoms with Gasteiger partial charge in [0.15, 0.2) is 5.11 Å². The molecule has 6 heteroatoms. The number of carbonyl (C=O) groups is 1. The molecule has 0 saturated carbocycles. The predicted molar refractivity (Wildman–Crippen MR) is 65.9 cm³/mol. The quantitative estimate of drug-likeness (QED) is 0.697. The second kappa shape index (κ2) is 4.28. The van der Waals surface area contributed by atoms with Crippen molar-refractivity contribution in [3.05, 3.63) is 30.3 Å². The van der Waals surface area contributed by atoms with Crippen LogP contribution in [0, 0.1) is 0 Å². The second-order valence-corrected chi connectivity index (χ2v) is 3.67. The number of amidine groups is 1. The number of hydrogen-bond donors (Lipinski definition) is 2. The fraction of sp³-hybridized carbons (Fsp3) is 0.100. The van der Waals surface area contributed by atoms with Gasteiger partial charge in [-0.05, 0) is 24.4 Å². The number of rotatable bonds is 1. The second-order valence-electron chi connectivity index (χ2n) is 3.25. The fourth-order valence-electron chi connectivity index (χ4n) is 1.44. The Bertz CT molecular complexity index is 457. The maximum atomic E-state index is 11.7. The van der Waals surface area contributed by atoms with Gasteiger partial charge in [0.05, 0.1) is 12.1 Å². The van der Waals surface area contributed by atoms with E-state index in [1.807, 2.05) is 30.3 Å². The number of aliphatic imine (C=N–C) groups is 1. The SMILES string of the molecule is NC(=S)/N=C1\CC(=O)N(c2ccccc2)N1. The topological polar surface area (TPSA) is 70.7 Å². The van der Waals surface area contributed by atoms with E-state index in [9.17, 15) is 4.79 Å². The van der Waals surface area contributed by atoms with Crippen LogP contribution < -0.4 is 16.2 Å². The Morgan fingerprint density at radius 3 is 2.75 bits per heavy atom. The molecule has 1 aromatic carbocycles. The third-order valence-corrected chi connectivity index (χ3v) is 2.16. The van der Waals surface area contributed by atoms with Crippen molar-refractivity contribution in [2.45, 2.75) is 6.42 Å². The molecule has 1 aliphatic rings. The van der Waals surface area contributed by atoms with Gasteiger partial charge in [0, 0.05) is 0 Å². The minimum Gasteiger partial charge on any atom is -0.374 e. The molecule has 16 heavy (non-hydrogen) atoms. The summed E-state index contributed by atoms with van der Waals surface area (Å²) in [4.78, 5) is 15.5. The molecule has 0 bridgehead atoms. The normalized spacial score (nSPS) is 17.6. The number of benzene rings is 1. The van der Waals surface area contributed by atoms with Crippen LogP contribution in [0.5, 0.6) is 0 Å². The standard InChI is InChI=1S/C10H10N4OS/c11-10(16)12-8-6-9(15)14(13-8)7-4-2-1-3-5-7/h1-5H,6H2,(H3,11,12,13,16). The smallest absolute Gasteiger partial charge is 0.253 e. The average molecular weight is 234 g/mol. The van der Waals surface area contributed by atoms with Gasteiger partial charge in [-0.2, -0.15) is 0 Å². The van der Waals surface area contributed by atoms with Gasteiger partial charge in [-0.15, -0.1) is 0 Å². The summed E-state index contributed by atoms with van der Waals surface area (Å²) in [5, 5.41) is 1.45. The van der Waals surface area contributed by atoms with E-state index in [-0.39, 0.29) is 17.4 Å². The van der Waals surface area contributed by atoms with Crippen LogP contribution in [0.3, 0.4) is 0 Å². The van der Waals surface area contributed by atoms with Gasteiger partial charge in [0.1, 0.15) is 5.84 Å². The number of nitrogens with two attached hydrogens (primary N) is 1. The van der Waals surface area contributed by atoms with Gasteiger partial charge in [-0.25, -0.2) is 10.0 Å². The van der Waals surface area contributed by atoms with Gasteiger partial charge in [-0.3, -0.25) is 10.2 Å². The molecule has 1 aromatic rings. The van der Waals surface area contributed by atoms with E-state index in [0.29, 0.717) is 5.84 Å². The first-order valence-electron chi connectivity index (χ1n) is 4.68. The Kier molecular flexibility index (Phi) is 2.82. The molecule has 5 nitrogen and oxygen atoms in total. The molecule has 0 unspecified atom stereocenters. The molecule has 1 heterocycles. The van der Waals surface area contributed by atoms with E-state index in [1.165, 1.54) is 5.01 Å². The first-order valence-corrected chi connectivity index (χ1v) is 5.09. The maximum absolute atomic E-state index is 11.7. The molecular weight excluding hydrogens is 224 g/mol. The molecule has 1 aliphatic heterocycles. The summed E-state index contributed by atoms with van der Waals surface area (Å²) in [7, 11) is 0. The van der Waals surface area contributed by atoms with E-state index in [0.717, 1.165) is 5.69 Å². The number of para-hydroxylation sites is 1. The first kappa shape index (κ1) is 10.6.